The quantitative estimate of drug-likeness (QED) is 0.293. The van der Waals surface area contributed by atoms with Gasteiger partial charge in [0.25, 0.3) is 5.56 Å². The van der Waals surface area contributed by atoms with Crippen LogP contribution >= 0.6 is 0 Å². The minimum Gasteiger partial charge on any atom is -0.497 e. The average Bonchev–Trinajstić information content (AvgIpc) is 3.15. The molecule has 0 bridgehead atoms. The summed E-state index contributed by atoms with van der Waals surface area (Å²) in [6, 6.07) is 7.29. The van der Waals surface area contributed by atoms with E-state index in [2.05, 4.69) is 11.2 Å². The molecule has 8 nitrogen and oxygen atoms in total. The molecule has 0 amide bonds. The number of nitrogens with zero attached hydrogens (tertiary/aromatic N) is 2. The Morgan fingerprint density at radius 3 is 2.97 bits per heavy atom. The predicted molar refractivity (Wildman–Crippen MR) is 112 cm³/mol. The number of aromatic nitrogens is 2. The first kappa shape index (κ1) is 19.3. The first-order valence-electron chi connectivity index (χ1n) is 9.79. The van der Waals surface area contributed by atoms with E-state index in [1.807, 2.05) is 18.2 Å². The van der Waals surface area contributed by atoms with Gasteiger partial charge in [-0.15, -0.1) is 6.42 Å². The Morgan fingerprint density at radius 1 is 1.35 bits per heavy atom. The van der Waals surface area contributed by atoms with Crippen LogP contribution in [0.2, 0.25) is 0 Å². The molecule has 8 heteroatoms. The van der Waals surface area contributed by atoms with E-state index in [-0.39, 0.29) is 17.7 Å². The number of carbonyl (C=O) groups excluding carboxylic acids is 1. The highest BCUT2D eigenvalue weighted by atomic mass is 16.5. The molecule has 156 valence electrons. The van der Waals surface area contributed by atoms with Crippen LogP contribution in [0.4, 0.5) is 0 Å². The Morgan fingerprint density at radius 2 is 2.19 bits per heavy atom. The zero-order chi connectivity index (χ0) is 21.7. The van der Waals surface area contributed by atoms with Gasteiger partial charge in [0.15, 0.2) is 6.10 Å². The van der Waals surface area contributed by atoms with Gasteiger partial charge in [0.2, 0.25) is 0 Å². The summed E-state index contributed by atoms with van der Waals surface area (Å²) in [6.45, 7) is 1.07. The lowest BCUT2D eigenvalue weighted by molar-refractivity contribution is -0.157. The Hall–Kier alpha value is -3.67. The first-order chi connectivity index (χ1) is 15.0. The summed E-state index contributed by atoms with van der Waals surface area (Å²) in [5.41, 5.74) is 4.13. The molecule has 1 aromatic carbocycles. The standard InChI is InChI=1S/C23H19N3O5/c1-3-6-24-9-15-13-7-12(30-2)4-5-18(13)25-20-16(15)10-26-19(20)8-14-17(22(26)28)11-31-23(29)21(14)27/h1,4-5,7-8,21,24,27H,6,9-11H2,2H3. The molecule has 2 aromatic heterocycles. The monoisotopic (exact) mass is 417 g/mol. The summed E-state index contributed by atoms with van der Waals surface area (Å²) in [4.78, 5) is 29.8. The molecule has 0 fully saturated rings. The van der Waals surface area contributed by atoms with Crippen LogP contribution < -0.4 is 15.6 Å². The Labute approximate surface area is 177 Å². The molecule has 4 heterocycles. The van der Waals surface area contributed by atoms with Crippen LogP contribution in [0.25, 0.3) is 22.3 Å². The van der Waals surface area contributed by atoms with Crippen molar-refractivity contribution in [3.05, 3.63) is 56.9 Å². The molecule has 2 aliphatic heterocycles. The van der Waals surface area contributed by atoms with Crippen LogP contribution in [0.15, 0.2) is 29.1 Å². The Bertz CT molecular complexity index is 1350. The number of rotatable bonds is 4. The smallest absolute Gasteiger partial charge is 0.340 e. The van der Waals surface area contributed by atoms with Gasteiger partial charge in [-0.3, -0.25) is 4.79 Å². The van der Waals surface area contributed by atoms with Gasteiger partial charge in [0.1, 0.15) is 12.4 Å². The second-order valence-corrected chi connectivity index (χ2v) is 7.47. The van der Waals surface area contributed by atoms with E-state index in [9.17, 15) is 14.7 Å². The van der Waals surface area contributed by atoms with Gasteiger partial charge in [0, 0.05) is 23.1 Å². The van der Waals surface area contributed by atoms with E-state index >= 15 is 0 Å². The molecular weight excluding hydrogens is 398 g/mol. The third kappa shape index (κ3) is 2.90. The molecule has 0 saturated carbocycles. The van der Waals surface area contributed by atoms with Crippen LogP contribution in [-0.2, 0) is 29.2 Å². The van der Waals surface area contributed by atoms with Crippen molar-refractivity contribution in [2.24, 2.45) is 0 Å². The van der Waals surface area contributed by atoms with Gasteiger partial charge in [0.05, 0.1) is 42.7 Å². The summed E-state index contributed by atoms with van der Waals surface area (Å²) >= 11 is 0. The largest absolute Gasteiger partial charge is 0.497 e. The minimum absolute atomic E-state index is 0.149. The second-order valence-electron chi connectivity index (χ2n) is 7.47. The number of benzene rings is 1. The van der Waals surface area contributed by atoms with Crippen molar-refractivity contribution in [3.63, 3.8) is 0 Å². The molecule has 2 aliphatic rings. The number of carbonyl (C=O) groups is 1. The Kier molecular flexibility index (Phi) is 4.50. The second kappa shape index (κ2) is 7.23. The maximum Gasteiger partial charge on any atom is 0.340 e. The topological polar surface area (TPSA) is 103 Å². The van der Waals surface area contributed by atoms with Gasteiger partial charge < -0.3 is 24.5 Å². The lowest BCUT2D eigenvalue weighted by Gasteiger charge is -2.21. The highest BCUT2D eigenvalue weighted by molar-refractivity contribution is 5.89. The molecule has 31 heavy (non-hydrogen) atoms. The maximum atomic E-state index is 13.2. The summed E-state index contributed by atoms with van der Waals surface area (Å²) in [5, 5.41) is 14.4. The van der Waals surface area contributed by atoms with Crippen molar-refractivity contribution in [1.82, 2.24) is 14.9 Å². The third-order valence-corrected chi connectivity index (χ3v) is 5.81. The van der Waals surface area contributed by atoms with Gasteiger partial charge in [-0.05, 0) is 29.8 Å². The van der Waals surface area contributed by atoms with Gasteiger partial charge in [-0.1, -0.05) is 5.92 Å². The molecule has 0 spiro atoms. The Balaban J connectivity index is 1.75. The third-order valence-electron chi connectivity index (χ3n) is 5.81. The van der Waals surface area contributed by atoms with E-state index in [1.165, 1.54) is 0 Å². The van der Waals surface area contributed by atoms with Gasteiger partial charge >= 0.3 is 5.97 Å². The van der Waals surface area contributed by atoms with Crippen LogP contribution in [0, 0.1) is 12.3 Å². The van der Waals surface area contributed by atoms with E-state index < -0.39 is 12.1 Å². The lowest BCUT2D eigenvalue weighted by Crippen LogP contribution is -2.32. The predicted octanol–water partition coefficient (Wildman–Crippen LogP) is 1.25. The molecule has 5 rings (SSSR count). The molecular formula is C23H19N3O5. The first-order valence-corrected chi connectivity index (χ1v) is 9.79. The van der Waals surface area contributed by atoms with Crippen molar-refractivity contribution in [2.75, 3.05) is 13.7 Å². The lowest BCUT2D eigenvalue weighted by atomic mass is 9.98. The molecule has 0 aliphatic carbocycles. The van der Waals surface area contributed by atoms with Crippen LogP contribution in [0.3, 0.4) is 0 Å². The molecule has 3 aromatic rings. The summed E-state index contributed by atoms with van der Waals surface area (Å²) < 4.78 is 11.9. The van der Waals surface area contributed by atoms with E-state index in [0.29, 0.717) is 42.3 Å². The molecule has 1 atom stereocenters. The fourth-order valence-electron chi connectivity index (χ4n) is 4.28. The number of cyclic esters (lactones) is 1. The van der Waals surface area contributed by atoms with Crippen molar-refractivity contribution < 1.29 is 19.4 Å². The van der Waals surface area contributed by atoms with Gasteiger partial charge in [-0.25, -0.2) is 9.78 Å². The molecule has 0 saturated heterocycles. The normalized spacial score (nSPS) is 16.3. The summed E-state index contributed by atoms with van der Waals surface area (Å²) in [7, 11) is 1.60. The number of ether oxygens (including phenoxy) is 2. The van der Waals surface area contributed by atoms with Crippen LogP contribution in [-0.4, -0.2) is 34.3 Å². The zero-order valence-electron chi connectivity index (χ0n) is 16.8. The summed E-state index contributed by atoms with van der Waals surface area (Å²) in [6.07, 6.45) is 3.91. The fraction of sp³-hybridized carbons (Fsp3) is 0.261. The van der Waals surface area contributed by atoms with Crippen molar-refractivity contribution in [2.45, 2.75) is 25.8 Å². The maximum absolute atomic E-state index is 13.2. The summed E-state index contributed by atoms with van der Waals surface area (Å²) in [5.74, 6) is 2.51. The van der Waals surface area contributed by atoms with Crippen molar-refractivity contribution in [3.8, 4) is 29.5 Å². The fourth-order valence-corrected chi connectivity index (χ4v) is 4.28. The number of hydrogen-bond donors (Lipinski definition) is 2. The van der Waals surface area contributed by atoms with E-state index in [0.717, 1.165) is 22.0 Å². The highest BCUT2D eigenvalue weighted by Crippen LogP contribution is 2.38. The zero-order valence-corrected chi connectivity index (χ0v) is 16.8. The van der Waals surface area contributed by atoms with Crippen LogP contribution in [0.1, 0.15) is 28.4 Å². The molecule has 2 N–H and O–H groups in total. The van der Waals surface area contributed by atoms with Crippen molar-refractivity contribution >= 4 is 16.9 Å². The number of pyridine rings is 2. The number of terminal acetylenes is 1. The highest BCUT2D eigenvalue weighted by Gasteiger charge is 2.34. The van der Waals surface area contributed by atoms with Crippen molar-refractivity contribution in [1.29, 1.82) is 0 Å². The average molecular weight is 417 g/mol. The number of nitrogens with one attached hydrogen (secondary N) is 1. The minimum atomic E-state index is -1.48. The number of methoxy groups -OCH3 is 1. The van der Waals surface area contributed by atoms with E-state index in [1.54, 1.807) is 17.7 Å². The number of hydrogen-bond acceptors (Lipinski definition) is 7. The molecule has 1 unspecified atom stereocenters. The number of esters is 1. The number of aliphatic hydroxyl groups is 1. The SMILES string of the molecule is C#CCNCc1c2c(nc3ccc(OC)cc13)-c1cc3c(c(=O)n1C2)COC(=O)C3O. The van der Waals surface area contributed by atoms with E-state index in [4.69, 9.17) is 20.9 Å². The van der Waals surface area contributed by atoms with Crippen LogP contribution in [0.5, 0.6) is 5.75 Å². The number of fused-ring (bicyclic) bond motifs is 5. The molecule has 0 radical (unpaired) electrons. The van der Waals surface area contributed by atoms with Gasteiger partial charge in [-0.2, -0.15) is 0 Å². The number of aliphatic hydroxyl groups excluding tert-OH is 1.